The number of nitrogens with zero attached hydrogens (tertiary/aromatic N) is 1. The molecule has 1 aliphatic heterocycles. The van der Waals surface area contributed by atoms with E-state index in [9.17, 15) is 0 Å². The van der Waals surface area contributed by atoms with Gasteiger partial charge in [0, 0.05) is 31.1 Å². The number of aliphatic imine (C=N–C) groups is 1. The van der Waals surface area contributed by atoms with Crippen LogP contribution < -0.4 is 5.32 Å². The molecule has 0 bridgehead atoms. The summed E-state index contributed by atoms with van der Waals surface area (Å²) in [5, 5.41) is 3.04. The van der Waals surface area contributed by atoms with E-state index in [2.05, 4.69) is 28.5 Å². The summed E-state index contributed by atoms with van der Waals surface area (Å²) in [4.78, 5) is 4.33. The third-order valence-electron chi connectivity index (χ3n) is 2.21. The number of rotatable bonds is 1. The number of allylic oxidation sites excluding steroid dienone is 4. The van der Waals surface area contributed by atoms with Crippen LogP contribution in [0.1, 0.15) is 6.42 Å². The van der Waals surface area contributed by atoms with E-state index in [4.69, 9.17) is 0 Å². The molecule has 0 aromatic rings. The molecule has 62 valence electrons. The maximum atomic E-state index is 4.33. The molecule has 1 N–H and O–H groups in total. The van der Waals surface area contributed by atoms with Crippen molar-refractivity contribution in [3.05, 3.63) is 35.7 Å². The first-order valence-corrected chi connectivity index (χ1v) is 4.20. The molecule has 0 saturated carbocycles. The molecule has 1 unspecified atom stereocenters. The van der Waals surface area contributed by atoms with Crippen LogP contribution in [0, 0.1) is 5.92 Å². The van der Waals surface area contributed by atoms with Crippen molar-refractivity contribution in [2.24, 2.45) is 10.9 Å². The Kier molecular flexibility index (Phi) is 1.82. The van der Waals surface area contributed by atoms with Crippen LogP contribution >= 0.6 is 0 Å². The minimum absolute atomic E-state index is 0.502. The molecule has 0 aromatic carbocycles. The highest BCUT2D eigenvalue weighted by Gasteiger charge is 2.22. The minimum Gasteiger partial charge on any atom is -0.394 e. The summed E-state index contributed by atoms with van der Waals surface area (Å²) in [6, 6.07) is 0. The van der Waals surface area contributed by atoms with Crippen LogP contribution in [0.3, 0.4) is 0 Å². The van der Waals surface area contributed by atoms with Crippen LogP contribution in [0.5, 0.6) is 0 Å². The molecule has 2 aliphatic rings. The normalized spacial score (nSPS) is 28.9. The van der Waals surface area contributed by atoms with Crippen molar-refractivity contribution in [2.45, 2.75) is 6.42 Å². The van der Waals surface area contributed by atoms with Crippen LogP contribution in [0.25, 0.3) is 0 Å². The lowest BCUT2D eigenvalue weighted by molar-refractivity contribution is 0.751. The first-order valence-electron chi connectivity index (χ1n) is 4.20. The molecule has 0 radical (unpaired) electrons. The van der Waals surface area contributed by atoms with Gasteiger partial charge in [-0.1, -0.05) is 12.2 Å². The third-order valence-corrected chi connectivity index (χ3v) is 2.21. The predicted molar refractivity (Wildman–Crippen MR) is 51.0 cm³/mol. The van der Waals surface area contributed by atoms with Crippen molar-refractivity contribution in [2.75, 3.05) is 7.05 Å². The zero-order valence-electron chi connectivity index (χ0n) is 7.12. The topological polar surface area (TPSA) is 24.4 Å². The van der Waals surface area contributed by atoms with Gasteiger partial charge in [-0.25, -0.2) is 0 Å². The second-order valence-electron chi connectivity index (χ2n) is 3.00. The van der Waals surface area contributed by atoms with Crippen LogP contribution in [0.4, 0.5) is 0 Å². The van der Waals surface area contributed by atoms with Gasteiger partial charge in [-0.3, -0.25) is 4.99 Å². The lowest BCUT2D eigenvalue weighted by Gasteiger charge is -2.12. The van der Waals surface area contributed by atoms with Gasteiger partial charge in [0.25, 0.3) is 0 Å². The van der Waals surface area contributed by atoms with E-state index in [1.807, 2.05) is 19.5 Å². The molecule has 12 heavy (non-hydrogen) atoms. The largest absolute Gasteiger partial charge is 0.394 e. The highest BCUT2D eigenvalue weighted by Crippen LogP contribution is 2.31. The Balaban J connectivity index is 2.26. The molecule has 1 atom stereocenters. The average Bonchev–Trinajstić information content (AvgIpc) is 2.50. The van der Waals surface area contributed by atoms with Crippen LogP contribution in [-0.2, 0) is 0 Å². The molecular weight excluding hydrogens is 148 g/mol. The van der Waals surface area contributed by atoms with Crippen molar-refractivity contribution in [1.82, 2.24) is 5.32 Å². The summed E-state index contributed by atoms with van der Waals surface area (Å²) in [7, 11) is 1.92. The lowest BCUT2D eigenvalue weighted by atomic mass is 9.93. The fourth-order valence-electron chi connectivity index (χ4n) is 1.60. The van der Waals surface area contributed by atoms with Crippen LogP contribution in [-0.4, -0.2) is 13.3 Å². The van der Waals surface area contributed by atoms with Crippen molar-refractivity contribution < 1.29 is 0 Å². The fourth-order valence-corrected chi connectivity index (χ4v) is 1.60. The Morgan fingerprint density at radius 1 is 1.67 bits per heavy atom. The standard InChI is InChI=1S/C10H12N2/c1-11-6-8-7-12-10-5-3-2-4-9(8)10/h2-3,5-7,9,11H,4H2,1H3/b8-6+. The molecule has 1 aliphatic carbocycles. The monoisotopic (exact) mass is 160 g/mol. The summed E-state index contributed by atoms with van der Waals surface area (Å²) in [5.41, 5.74) is 2.48. The van der Waals surface area contributed by atoms with Gasteiger partial charge in [-0.05, 0) is 18.1 Å². The van der Waals surface area contributed by atoms with Gasteiger partial charge in [0.15, 0.2) is 0 Å². The maximum absolute atomic E-state index is 4.33. The first-order chi connectivity index (χ1) is 5.92. The molecule has 0 aromatic heterocycles. The number of hydrogen-bond acceptors (Lipinski definition) is 2. The number of hydrogen-bond donors (Lipinski definition) is 1. The maximum Gasteiger partial charge on any atom is 0.0482 e. The van der Waals surface area contributed by atoms with Crippen molar-refractivity contribution in [3.63, 3.8) is 0 Å². The zero-order valence-corrected chi connectivity index (χ0v) is 7.12. The summed E-state index contributed by atoms with van der Waals surface area (Å²) < 4.78 is 0. The van der Waals surface area contributed by atoms with E-state index in [-0.39, 0.29) is 0 Å². The van der Waals surface area contributed by atoms with Crippen molar-refractivity contribution in [3.8, 4) is 0 Å². The Hall–Kier alpha value is -1.31. The van der Waals surface area contributed by atoms with Gasteiger partial charge in [-0.15, -0.1) is 0 Å². The number of nitrogens with one attached hydrogen (secondary N) is 1. The highest BCUT2D eigenvalue weighted by molar-refractivity contribution is 5.84. The van der Waals surface area contributed by atoms with Crippen molar-refractivity contribution in [1.29, 1.82) is 0 Å². The smallest absolute Gasteiger partial charge is 0.0482 e. The molecule has 2 heteroatoms. The van der Waals surface area contributed by atoms with Crippen molar-refractivity contribution >= 4 is 6.21 Å². The van der Waals surface area contributed by atoms with E-state index in [0.717, 1.165) is 6.42 Å². The molecule has 0 amide bonds. The molecule has 0 fully saturated rings. The van der Waals surface area contributed by atoms with Gasteiger partial charge < -0.3 is 5.32 Å². The van der Waals surface area contributed by atoms with Crippen LogP contribution in [0.15, 0.2) is 40.7 Å². The lowest BCUT2D eigenvalue weighted by Crippen LogP contribution is -2.06. The summed E-state index contributed by atoms with van der Waals surface area (Å²) in [6.07, 6.45) is 11.4. The number of fused-ring (bicyclic) bond motifs is 1. The predicted octanol–water partition coefficient (Wildman–Crippen LogP) is 1.63. The molecule has 0 spiro atoms. The molecule has 0 saturated heterocycles. The van der Waals surface area contributed by atoms with E-state index in [1.54, 1.807) is 0 Å². The van der Waals surface area contributed by atoms with Gasteiger partial charge in [0.1, 0.15) is 0 Å². The van der Waals surface area contributed by atoms with Gasteiger partial charge in [0.2, 0.25) is 0 Å². The second-order valence-corrected chi connectivity index (χ2v) is 3.00. The van der Waals surface area contributed by atoms with E-state index >= 15 is 0 Å². The Morgan fingerprint density at radius 2 is 2.58 bits per heavy atom. The Bertz CT molecular complexity index is 295. The van der Waals surface area contributed by atoms with Gasteiger partial charge in [-0.2, -0.15) is 0 Å². The molecule has 2 rings (SSSR count). The zero-order chi connectivity index (χ0) is 8.39. The SMILES string of the molecule is CN/C=C1\C=NC2=CC=CCC21. The fraction of sp³-hybridized carbons (Fsp3) is 0.300. The highest BCUT2D eigenvalue weighted by atomic mass is 14.8. The van der Waals surface area contributed by atoms with Crippen LogP contribution in [0.2, 0.25) is 0 Å². The van der Waals surface area contributed by atoms with E-state index < -0.39 is 0 Å². The second kappa shape index (κ2) is 2.97. The third kappa shape index (κ3) is 1.09. The summed E-state index contributed by atoms with van der Waals surface area (Å²) in [5.74, 6) is 0.502. The first kappa shape index (κ1) is 7.35. The van der Waals surface area contributed by atoms with Gasteiger partial charge >= 0.3 is 0 Å². The van der Waals surface area contributed by atoms with E-state index in [0.29, 0.717) is 5.92 Å². The van der Waals surface area contributed by atoms with E-state index in [1.165, 1.54) is 11.3 Å². The Labute approximate surface area is 72.4 Å². The van der Waals surface area contributed by atoms with Gasteiger partial charge in [0.05, 0.1) is 0 Å². The molecule has 1 heterocycles. The molecular formula is C10H12N2. The summed E-state index contributed by atoms with van der Waals surface area (Å²) in [6.45, 7) is 0. The minimum atomic E-state index is 0.502. The summed E-state index contributed by atoms with van der Waals surface area (Å²) >= 11 is 0. The molecule has 2 nitrogen and oxygen atoms in total. The average molecular weight is 160 g/mol. The Morgan fingerprint density at radius 3 is 3.42 bits per heavy atom. The quantitative estimate of drug-likeness (QED) is 0.619.